The summed E-state index contributed by atoms with van der Waals surface area (Å²) in [6.07, 6.45) is 1.73. The van der Waals surface area contributed by atoms with E-state index in [0.29, 0.717) is 39.6 Å². The highest BCUT2D eigenvalue weighted by atomic mass is 32.1. The predicted octanol–water partition coefficient (Wildman–Crippen LogP) is 6.05. The van der Waals surface area contributed by atoms with Crippen molar-refractivity contribution >= 4 is 40.9 Å². The van der Waals surface area contributed by atoms with Gasteiger partial charge >= 0.3 is 17.6 Å². The van der Waals surface area contributed by atoms with Gasteiger partial charge in [0, 0.05) is 64.8 Å². The van der Waals surface area contributed by atoms with Gasteiger partial charge in [-0.3, -0.25) is 0 Å². The van der Waals surface area contributed by atoms with Crippen molar-refractivity contribution in [3.8, 4) is 0 Å². The zero-order valence-electron chi connectivity index (χ0n) is 23.0. The second-order valence-corrected chi connectivity index (χ2v) is 14.1. The van der Waals surface area contributed by atoms with Crippen LogP contribution in [0.25, 0.3) is 11.0 Å². The van der Waals surface area contributed by atoms with Crippen LogP contribution in [0.15, 0.2) is 24.3 Å². The van der Waals surface area contributed by atoms with Crippen LogP contribution in [0, 0.1) is 4.77 Å². The number of hydrogen-bond acceptors (Lipinski definition) is 7. The zero-order valence-corrected chi connectivity index (χ0v) is 25.9. The van der Waals surface area contributed by atoms with Gasteiger partial charge in [-0.2, -0.15) is 0 Å². The van der Waals surface area contributed by atoms with Crippen molar-refractivity contribution < 1.29 is 26.6 Å². The van der Waals surface area contributed by atoms with Gasteiger partial charge in [0.05, 0.1) is 11.0 Å². The van der Waals surface area contributed by atoms with Gasteiger partial charge in [-0.1, -0.05) is 12.1 Å². The van der Waals surface area contributed by atoms with E-state index in [1.54, 1.807) is 0 Å². The summed E-state index contributed by atoms with van der Waals surface area (Å²) in [7, 11) is -5.37. The zero-order chi connectivity index (χ0) is 26.4. The van der Waals surface area contributed by atoms with E-state index in [0.717, 1.165) is 53.8 Å². The number of aromatic nitrogens is 2. The molecule has 1 heterocycles. The molecule has 2 rings (SSSR count). The lowest BCUT2D eigenvalue weighted by atomic mass is 10.3. The van der Waals surface area contributed by atoms with Crippen molar-refractivity contribution in [3.05, 3.63) is 29.0 Å². The predicted molar refractivity (Wildman–Crippen MR) is 151 cm³/mol. The molecular weight excluding hydrogens is 513 g/mol. The maximum absolute atomic E-state index is 6.04. The quantitative estimate of drug-likeness (QED) is 0.145. The molecule has 1 aromatic carbocycles. The van der Waals surface area contributed by atoms with Crippen LogP contribution in [0.2, 0.25) is 12.1 Å². The molecule has 0 spiro atoms. The van der Waals surface area contributed by atoms with Crippen LogP contribution in [-0.2, 0) is 39.6 Å². The number of para-hydroxylation sites is 2. The third-order valence-corrected chi connectivity index (χ3v) is 12.6. The van der Waals surface area contributed by atoms with Crippen LogP contribution in [0.1, 0.15) is 54.4 Å². The molecular formula is C25H46N2O6SSi2. The minimum Gasteiger partial charge on any atom is -0.374 e. The van der Waals surface area contributed by atoms with Gasteiger partial charge in [0.1, 0.15) is 0 Å². The summed E-state index contributed by atoms with van der Waals surface area (Å²) in [5.74, 6) is 0. The third-order valence-electron chi connectivity index (χ3n) is 5.84. The van der Waals surface area contributed by atoms with E-state index in [-0.39, 0.29) is 0 Å². The first-order chi connectivity index (χ1) is 17.4. The van der Waals surface area contributed by atoms with Gasteiger partial charge < -0.3 is 35.7 Å². The maximum atomic E-state index is 6.04. The lowest BCUT2D eigenvalue weighted by Crippen LogP contribution is -2.46. The Labute approximate surface area is 224 Å². The molecule has 0 fully saturated rings. The van der Waals surface area contributed by atoms with Gasteiger partial charge in [0.25, 0.3) is 0 Å². The highest BCUT2D eigenvalue weighted by Crippen LogP contribution is 2.24. The molecule has 0 amide bonds. The van der Waals surface area contributed by atoms with Crippen LogP contribution in [0.5, 0.6) is 0 Å². The Balaban J connectivity index is 2.20. The summed E-state index contributed by atoms with van der Waals surface area (Å²) < 4.78 is 41.5. The number of fused-ring (bicyclic) bond motifs is 1. The maximum Gasteiger partial charge on any atom is 0.500 e. The van der Waals surface area contributed by atoms with E-state index in [2.05, 4.69) is 33.4 Å². The van der Waals surface area contributed by atoms with E-state index in [9.17, 15) is 0 Å². The first kappa shape index (κ1) is 31.3. The summed E-state index contributed by atoms with van der Waals surface area (Å²) in [5, 5.41) is 0. The van der Waals surface area contributed by atoms with Crippen LogP contribution in [-0.4, -0.2) is 66.4 Å². The first-order valence-electron chi connectivity index (χ1n) is 13.5. The molecule has 0 unspecified atom stereocenters. The minimum atomic E-state index is -2.68. The number of imidazole rings is 1. The van der Waals surface area contributed by atoms with E-state index >= 15 is 0 Å². The molecule has 0 aliphatic rings. The molecule has 0 atom stereocenters. The molecule has 206 valence electrons. The van der Waals surface area contributed by atoms with E-state index in [4.69, 9.17) is 38.8 Å². The van der Waals surface area contributed by atoms with Gasteiger partial charge in [-0.15, -0.1) is 0 Å². The van der Waals surface area contributed by atoms with E-state index < -0.39 is 17.6 Å². The van der Waals surface area contributed by atoms with Gasteiger partial charge in [-0.05, 0) is 78.7 Å². The Kier molecular flexibility index (Phi) is 14.1. The molecule has 2 aromatic rings. The van der Waals surface area contributed by atoms with Crippen LogP contribution < -0.4 is 0 Å². The Bertz CT molecular complexity index is 848. The van der Waals surface area contributed by atoms with Crippen molar-refractivity contribution in [3.63, 3.8) is 0 Å². The topological polar surface area (TPSA) is 65.2 Å². The van der Waals surface area contributed by atoms with Gasteiger partial charge in [0.2, 0.25) is 0 Å². The van der Waals surface area contributed by atoms with Crippen molar-refractivity contribution in [2.45, 2.75) is 79.6 Å². The number of nitrogens with zero attached hydrogens (tertiary/aromatic N) is 2. The molecule has 0 aliphatic carbocycles. The average Bonchev–Trinajstić information content (AvgIpc) is 3.11. The molecule has 0 saturated carbocycles. The number of rotatable bonds is 20. The van der Waals surface area contributed by atoms with Crippen molar-refractivity contribution in [2.75, 3.05) is 39.6 Å². The lowest BCUT2D eigenvalue weighted by molar-refractivity contribution is 0.0698. The second-order valence-electron chi connectivity index (χ2n) is 8.25. The molecule has 0 radical (unpaired) electrons. The smallest absolute Gasteiger partial charge is 0.374 e. The molecule has 11 heteroatoms. The van der Waals surface area contributed by atoms with Crippen LogP contribution >= 0.6 is 12.2 Å². The Morgan fingerprint density at radius 3 is 1.17 bits per heavy atom. The molecule has 8 nitrogen and oxygen atoms in total. The summed E-state index contributed by atoms with van der Waals surface area (Å²) >= 11 is 5.97. The molecule has 0 N–H and O–H groups in total. The van der Waals surface area contributed by atoms with E-state index in [1.807, 2.05) is 41.5 Å². The van der Waals surface area contributed by atoms with Crippen LogP contribution in [0.4, 0.5) is 0 Å². The number of aryl methyl sites for hydroxylation is 2. The van der Waals surface area contributed by atoms with E-state index in [1.165, 1.54) is 0 Å². The first-order valence-corrected chi connectivity index (χ1v) is 17.7. The summed E-state index contributed by atoms with van der Waals surface area (Å²) in [4.78, 5) is 0. The SMILES string of the molecule is CCO[Si](CCCn1c(=S)n(CCC[Si](OCC)(OCC)OCC)c2ccccc21)(OCC)OCC. The fourth-order valence-electron chi connectivity index (χ4n) is 4.61. The Morgan fingerprint density at radius 1 is 0.583 bits per heavy atom. The largest absolute Gasteiger partial charge is 0.500 e. The second kappa shape index (κ2) is 16.2. The number of benzene rings is 1. The van der Waals surface area contributed by atoms with Gasteiger partial charge in [0.15, 0.2) is 4.77 Å². The fraction of sp³-hybridized carbons (Fsp3) is 0.720. The standard InChI is InChI=1S/C25H46N2O6SSi2/c1-7-28-35(29-8-2,30-9-3)21-15-19-26-23-17-13-14-18-24(23)27(25(26)34)20-16-22-36(31-10-4,32-11-5)33-12-6/h13-14,17-18H,7-12,15-16,19-22H2,1-6H3. The molecule has 0 bridgehead atoms. The monoisotopic (exact) mass is 558 g/mol. The molecule has 0 aliphatic heterocycles. The van der Waals surface area contributed by atoms with Gasteiger partial charge in [-0.25, -0.2) is 0 Å². The van der Waals surface area contributed by atoms with Crippen molar-refractivity contribution in [1.82, 2.24) is 9.13 Å². The number of hydrogen-bond donors (Lipinski definition) is 0. The molecule has 36 heavy (non-hydrogen) atoms. The van der Waals surface area contributed by atoms with Crippen molar-refractivity contribution in [1.29, 1.82) is 0 Å². The fourth-order valence-corrected chi connectivity index (χ4v) is 10.2. The van der Waals surface area contributed by atoms with Crippen LogP contribution in [0.3, 0.4) is 0 Å². The third kappa shape index (κ3) is 8.30. The average molecular weight is 559 g/mol. The Hall–Kier alpha value is -0.896. The highest BCUT2D eigenvalue weighted by Gasteiger charge is 2.40. The summed E-state index contributed by atoms with van der Waals surface area (Å²) in [6.45, 7) is 17.0. The highest BCUT2D eigenvalue weighted by molar-refractivity contribution is 7.71. The lowest BCUT2D eigenvalue weighted by Gasteiger charge is -2.28. The normalized spacial score (nSPS) is 12.6. The summed E-state index contributed by atoms with van der Waals surface area (Å²) in [5.41, 5.74) is 2.28. The summed E-state index contributed by atoms with van der Waals surface area (Å²) in [6, 6.07) is 9.92. The Morgan fingerprint density at radius 2 is 0.889 bits per heavy atom. The minimum absolute atomic E-state index is 0.584. The molecule has 0 saturated heterocycles. The molecule has 1 aromatic heterocycles. The van der Waals surface area contributed by atoms with Crippen molar-refractivity contribution in [2.24, 2.45) is 0 Å².